The number of carboxylic acids is 1. The van der Waals surface area contributed by atoms with Gasteiger partial charge in [0.1, 0.15) is 0 Å². The maximum absolute atomic E-state index is 11.5. The number of hydrogen-bond acceptors (Lipinski definition) is 3. The zero-order valence-electron chi connectivity index (χ0n) is 10.3. The molecule has 0 aliphatic carbocycles. The normalized spacial score (nSPS) is 10.1. The van der Waals surface area contributed by atoms with Crippen LogP contribution in [0.15, 0.2) is 42.5 Å². The first kappa shape index (κ1) is 14.2. The molecule has 0 amide bonds. The van der Waals surface area contributed by atoms with Gasteiger partial charge in [-0.2, -0.15) is 0 Å². The molecule has 2 rings (SSSR count). The minimum absolute atomic E-state index is 0.00535. The maximum Gasteiger partial charge on any atom is 0.377 e. The van der Waals surface area contributed by atoms with E-state index >= 15 is 0 Å². The number of carbonyl (C=O) groups excluding carboxylic acids is 1. The Hall–Kier alpha value is -2.27. The minimum atomic E-state index is -1.53. The van der Waals surface area contributed by atoms with Crippen LogP contribution >= 0.6 is 11.6 Å². The fourth-order valence-corrected chi connectivity index (χ4v) is 2.01. The van der Waals surface area contributed by atoms with Crippen LogP contribution in [-0.4, -0.2) is 24.8 Å². The van der Waals surface area contributed by atoms with Crippen LogP contribution in [-0.2, 0) is 4.79 Å². The summed E-state index contributed by atoms with van der Waals surface area (Å²) >= 11 is 5.92. The smallest absolute Gasteiger partial charge is 0.377 e. The van der Waals surface area contributed by atoms with E-state index in [0.29, 0.717) is 5.02 Å². The summed E-state index contributed by atoms with van der Waals surface area (Å²) in [6, 6.07) is 11.8. The van der Waals surface area contributed by atoms with Crippen molar-refractivity contribution in [2.75, 3.05) is 5.23 Å². The second-order valence-corrected chi connectivity index (χ2v) is 4.49. The number of hydrogen-bond donors (Lipinski definition) is 2. The summed E-state index contributed by atoms with van der Waals surface area (Å²) < 4.78 is 0. The lowest BCUT2D eigenvalue weighted by Gasteiger charge is -2.10. The number of aliphatic carboxylic acids is 1. The third-order valence-electron chi connectivity index (χ3n) is 2.77. The predicted molar refractivity (Wildman–Crippen MR) is 78.2 cm³/mol. The lowest BCUT2D eigenvalue weighted by atomic mass is 9.99. The number of Topliss-reactive ketones (excluding diaryl/α,β-unsaturated/α-hetero) is 1. The summed E-state index contributed by atoms with van der Waals surface area (Å²) in [5, 5.41) is 11.7. The lowest BCUT2D eigenvalue weighted by Crippen LogP contribution is -2.14. The van der Waals surface area contributed by atoms with E-state index in [1.54, 1.807) is 30.3 Å². The average Bonchev–Trinajstić information content (AvgIpc) is 2.45. The van der Waals surface area contributed by atoms with Crippen molar-refractivity contribution in [1.29, 1.82) is 0 Å². The van der Waals surface area contributed by atoms with Gasteiger partial charge in [0.2, 0.25) is 7.98 Å². The van der Waals surface area contributed by atoms with Crippen molar-refractivity contribution >= 4 is 37.0 Å². The van der Waals surface area contributed by atoms with E-state index in [4.69, 9.17) is 24.7 Å². The van der Waals surface area contributed by atoms with Crippen molar-refractivity contribution in [2.45, 2.75) is 0 Å². The first-order chi connectivity index (χ1) is 9.52. The van der Waals surface area contributed by atoms with E-state index in [1.165, 1.54) is 6.07 Å². The monoisotopic (exact) mass is 285 g/mol. The molecule has 0 fully saturated rings. The number of rotatable bonds is 4. The van der Waals surface area contributed by atoms with E-state index < -0.39 is 11.8 Å². The molecule has 0 aliphatic rings. The second kappa shape index (κ2) is 5.80. The summed E-state index contributed by atoms with van der Waals surface area (Å²) in [4.78, 5) is 22.2. The molecule has 2 aromatic carbocycles. The van der Waals surface area contributed by atoms with Crippen molar-refractivity contribution in [3.05, 3.63) is 53.1 Å². The van der Waals surface area contributed by atoms with Crippen LogP contribution < -0.4 is 5.23 Å². The molecule has 0 aromatic heterocycles. The van der Waals surface area contributed by atoms with Gasteiger partial charge >= 0.3 is 5.97 Å². The number of carbonyl (C=O) groups is 2. The van der Waals surface area contributed by atoms with Crippen LogP contribution in [0.3, 0.4) is 0 Å². The molecule has 98 valence electrons. The Morgan fingerprint density at radius 2 is 1.80 bits per heavy atom. The first-order valence-corrected chi connectivity index (χ1v) is 6.05. The van der Waals surface area contributed by atoms with Crippen LogP contribution in [0.25, 0.3) is 11.1 Å². The Labute approximate surface area is 121 Å². The SMILES string of the molecule is [B]Nc1cc(-c2cccc(Cl)c2)ccc1C(=O)C(=O)O. The first-order valence-electron chi connectivity index (χ1n) is 5.67. The molecule has 0 unspecified atom stereocenters. The van der Waals surface area contributed by atoms with E-state index in [0.717, 1.165) is 11.1 Å². The number of ketones is 1. The van der Waals surface area contributed by atoms with Gasteiger partial charge in [0.25, 0.3) is 5.78 Å². The topological polar surface area (TPSA) is 66.4 Å². The number of nitrogens with one attached hydrogen (secondary N) is 1. The molecule has 0 atom stereocenters. The van der Waals surface area contributed by atoms with Crippen LogP contribution in [0.1, 0.15) is 10.4 Å². The molecule has 0 spiro atoms. The molecule has 6 heteroatoms. The molecule has 0 aliphatic heterocycles. The highest BCUT2D eigenvalue weighted by Crippen LogP contribution is 2.27. The lowest BCUT2D eigenvalue weighted by molar-refractivity contribution is -0.131. The summed E-state index contributed by atoms with van der Waals surface area (Å²) in [6.45, 7) is 0. The zero-order valence-corrected chi connectivity index (χ0v) is 11.0. The molecular formula is C14H9BClNO3. The van der Waals surface area contributed by atoms with E-state index in [-0.39, 0.29) is 11.3 Å². The van der Waals surface area contributed by atoms with Gasteiger partial charge in [0.05, 0.1) is 5.56 Å². The number of anilines is 1. The van der Waals surface area contributed by atoms with Gasteiger partial charge in [-0.25, -0.2) is 4.79 Å². The standard InChI is InChI=1S/C14H9BClNO3/c15-17-12-7-9(8-2-1-3-10(16)6-8)4-5-11(12)13(18)14(19)20/h1-7,17H,(H,19,20). The van der Waals surface area contributed by atoms with Crippen LogP contribution in [0.2, 0.25) is 5.02 Å². The van der Waals surface area contributed by atoms with E-state index in [2.05, 4.69) is 5.23 Å². The average molecular weight is 285 g/mol. The predicted octanol–water partition coefficient (Wildman–Crippen LogP) is 2.77. The summed E-state index contributed by atoms with van der Waals surface area (Å²) in [7, 11) is 5.34. The highest BCUT2D eigenvalue weighted by atomic mass is 35.5. The largest absolute Gasteiger partial charge is 0.475 e. The quantitative estimate of drug-likeness (QED) is 0.515. The Morgan fingerprint density at radius 3 is 2.40 bits per heavy atom. The van der Waals surface area contributed by atoms with Crippen LogP contribution in [0.5, 0.6) is 0 Å². The van der Waals surface area contributed by atoms with Gasteiger partial charge < -0.3 is 10.3 Å². The zero-order chi connectivity index (χ0) is 14.7. The molecular weight excluding hydrogens is 276 g/mol. The van der Waals surface area contributed by atoms with E-state index in [1.807, 2.05) is 6.07 Å². The molecule has 4 nitrogen and oxygen atoms in total. The van der Waals surface area contributed by atoms with Gasteiger partial charge in [-0.1, -0.05) is 29.8 Å². The molecule has 0 saturated heterocycles. The number of carboxylic acid groups (broad SMARTS) is 1. The third-order valence-corrected chi connectivity index (χ3v) is 3.01. The third kappa shape index (κ3) is 2.83. The van der Waals surface area contributed by atoms with Crippen LogP contribution in [0, 0.1) is 0 Å². The van der Waals surface area contributed by atoms with Crippen molar-refractivity contribution in [3.63, 3.8) is 0 Å². The Morgan fingerprint density at radius 1 is 1.10 bits per heavy atom. The van der Waals surface area contributed by atoms with Crippen LogP contribution in [0.4, 0.5) is 5.69 Å². The Bertz CT molecular complexity index is 688. The van der Waals surface area contributed by atoms with Gasteiger partial charge in [-0.05, 0) is 35.4 Å². The van der Waals surface area contributed by atoms with Crippen molar-refractivity contribution in [1.82, 2.24) is 0 Å². The molecule has 2 N–H and O–H groups in total. The highest BCUT2D eigenvalue weighted by Gasteiger charge is 2.18. The Balaban J connectivity index is 2.49. The van der Waals surface area contributed by atoms with E-state index in [9.17, 15) is 9.59 Å². The fourth-order valence-electron chi connectivity index (χ4n) is 1.82. The van der Waals surface area contributed by atoms with Gasteiger partial charge in [0.15, 0.2) is 0 Å². The summed E-state index contributed by atoms with van der Waals surface area (Å²) in [5.74, 6) is -2.55. The molecule has 20 heavy (non-hydrogen) atoms. The van der Waals surface area contributed by atoms with Gasteiger partial charge in [-0.15, -0.1) is 0 Å². The van der Waals surface area contributed by atoms with Crippen molar-refractivity contribution in [2.24, 2.45) is 0 Å². The summed E-state index contributed by atoms with van der Waals surface area (Å²) in [5.41, 5.74) is 1.85. The number of halogens is 1. The summed E-state index contributed by atoms with van der Waals surface area (Å²) in [6.07, 6.45) is 0. The molecule has 2 aromatic rings. The molecule has 0 heterocycles. The highest BCUT2D eigenvalue weighted by molar-refractivity contribution is 6.41. The molecule has 0 saturated carbocycles. The van der Waals surface area contributed by atoms with Gasteiger partial charge in [-0.3, -0.25) is 4.79 Å². The second-order valence-electron chi connectivity index (χ2n) is 4.05. The minimum Gasteiger partial charge on any atom is -0.475 e. The van der Waals surface area contributed by atoms with Crippen molar-refractivity contribution < 1.29 is 14.7 Å². The number of benzene rings is 2. The fraction of sp³-hybridized carbons (Fsp3) is 0. The molecule has 0 bridgehead atoms. The Kier molecular flexibility index (Phi) is 4.10. The van der Waals surface area contributed by atoms with Gasteiger partial charge in [0, 0.05) is 10.7 Å². The maximum atomic E-state index is 11.5. The molecule has 2 radical (unpaired) electrons. The van der Waals surface area contributed by atoms with Crippen molar-refractivity contribution in [3.8, 4) is 11.1 Å².